The van der Waals surface area contributed by atoms with Gasteiger partial charge in [0.25, 0.3) is 0 Å². The van der Waals surface area contributed by atoms with Gasteiger partial charge in [0.2, 0.25) is 5.95 Å². The second-order valence-corrected chi connectivity index (χ2v) is 17.1. The molecule has 5 heteroatoms. The Labute approximate surface area is 352 Å². The summed E-state index contributed by atoms with van der Waals surface area (Å²) in [7, 11) is 0. The maximum atomic E-state index is 5.61. The first-order valence-corrected chi connectivity index (χ1v) is 21.6. The van der Waals surface area contributed by atoms with Gasteiger partial charge in [-0.1, -0.05) is 158 Å². The van der Waals surface area contributed by atoms with E-state index < -0.39 is 0 Å². The van der Waals surface area contributed by atoms with Crippen molar-refractivity contribution in [3.8, 4) is 22.9 Å². The molecule has 4 heterocycles. The molecule has 0 unspecified atom stereocenters. The molecule has 0 aliphatic rings. The third-order valence-electron chi connectivity index (χ3n) is 12.9. The Hall–Kier alpha value is -7.86. The Morgan fingerprint density at radius 3 is 1.72 bits per heavy atom. The van der Waals surface area contributed by atoms with E-state index in [1.54, 1.807) is 11.3 Å². The quantitative estimate of drug-likeness (QED) is 0.167. The van der Waals surface area contributed by atoms with Crippen molar-refractivity contribution in [2.24, 2.45) is 0 Å². The van der Waals surface area contributed by atoms with E-state index >= 15 is 0 Å². The van der Waals surface area contributed by atoms with E-state index in [-0.39, 0.29) is 0 Å². The lowest BCUT2D eigenvalue weighted by Gasteiger charge is -2.14. The summed E-state index contributed by atoms with van der Waals surface area (Å²) in [4.78, 5) is 11.1. The molecule has 0 saturated carbocycles. The summed E-state index contributed by atoms with van der Waals surface area (Å²) >= 11 is 1.77. The van der Waals surface area contributed by atoms with Crippen molar-refractivity contribution in [1.29, 1.82) is 0 Å². The van der Waals surface area contributed by atoms with Crippen LogP contribution in [0.25, 0.3) is 130 Å². The number of benzene rings is 10. The minimum Gasteiger partial charge on any atom is -0.309 e. The fourth-order valence-corrected chi connectivity index (χ4v) is 11.5. The summed E-state index contributed by atoms with van der Waals surface area (Å²) < 4.78 is 7.09. The lowest BCUT2D eigenvalue weighted by atomic mass is 9.94. The van der Waals surface area contributed by atoms with Crippen LogP contribution in [-0.4, -0.2) is 19.1 Å². The largest absolute Gasteiger partial charge is 0.309 e. The van der Waals surface area contributed by atoms with Crippen molar-refractivity contribution in [3.63, 3.8) is 0 Å². The zero-order valence-corrected chi connectivity index (χ0v) is 33.5. The SMILES string of the molecule is c1ccc2c(-c3nc(-n4c5ccccc5c5c4ccc4c6ccccc6n(-c6ccc7c8ccccc8c8ccccc8c7c6)c45)nc4c3sc3ccccc34)cccc2c1. The zero-order chi connectivity index (χ0) is 39.8. The monoisotopic (exact) mass is 792 g/mol. The highest BCUT2D eigenvalue weighted by atomic mass is 32.1. The molecular formula is C56H32N4S. The minimum atomic E-state index is 0.663. The van der Waals surface area contributed by atoms with Crippen LogP contribution < -0.4 is 0 Å². The van der Waals surface area contributed by atoms with Crippen LogP contribution in [0.15, 0.2) is 194 Å². The molecule has 0 amide bonds. The molecule has 14 rings (SSSR count). The van der Waals surface area contributed by atoms with E-state index in [1.807, 2.05) is 0 Å². The van der Waals surface area contributed by atoms with Gasteiger partial charge in [0.05, 0.1) is 38.0 Å². The number of aromatic nitrogens is 4. The third-order valence-corrected chi connectivity index (χ3v) is 14.1. The summed E-state index contributed by atoms with van der Waals surface area (Å²) in [5.41, 5.74) is 8.66. The predicted octanol–water partition coefficient (Wildman–Crippen LogP) is 15.3. The number of hydrogen-bond acceptors (Lipinski definition) is 3. The first-order valence-electron chi connectivity index (χ1n) is 20.8. The van der Waals surface area contributed by atoms with Gasteiger partial charge >= 0.3 is 0 Å². The Kier molecular flexibility index (Phi) is 6.68. The van der Waals surface area contributed by atoms with Crippen LogP contribution in [0, 0.1) is 0 Å². The van der Waals surface area contributed by atoms with Gasteiger partial charge < -0.3 is 4.57 Å². The van der Waals surface area contributed by atoms with Gasteiger partial charge in [-0.3, -0.25) is 4.57 Å². The van der Waals surface area contributed by atoms with Crippen molar-refractivity contribution >= 4 is 118 Å². The van der Waals surface area contributed by atoms with E-state index in [1.165, 1.54) is 75.0 Å². The highest BCUT2D eigenvalue weighted by Gasteiger charge is 2.24. The summed E-state index contributed by atoms with van der Waals surface area (Å²) in [6.45, 7) is 0. The summed E-state index contributed by atoms with van der Waals surface area (Å²) in [6, 6.07) is 70.6. The standard InChI is InChI=1S/C56H32N4S/c1-2-16-35-33(14-1)15-13-24-42(35)52-55-53(45-23-9-12-27-50(45)61-55)58-56(57-52)60-48-26-11-8-22-44(48)51-49(60)31-30-43-41-21-7-10-25-47(41)59(54(43)51)34-28-29-40-38-19-4-3-17-36(38)37-18-5-6-20-39(37)46(40)32-34/h1-32H. The molecule has 0 atom stereocenters. The first kappa shape index (κ1) is 33.0. The molecule has 282 valence electrons. The normalized spacial score (nSPS) is 12.3. The van der Waals surface area contributed by atoms with E-state index in [4.69, 9.17) is 9.97 Å². The minimum absolute atomic E-state index is 0.663. The number of rotatable bonds is 3. The van der Waals surface area contributed by atoms with Gasteiger partial charge in [0.15, 0.2) is 0 Å². The van der Waals surface area contributed by atoms with Crippen LogP contribution in [0.5, 0.6) is 0 Å². The first-order chi connectivity index (χ1) is 30.3. The van der Waals surface area contributed by atoms with Crippen molar-refractivity contribution in [1.82, 2.24) is 19.1 Å². The smallest absolute Gasteiger partial charge is 0.235 e. The molecular weight excluding hydrogens is 761 g/mol. The van der Waals surface area contributed by atoms with E-state index in [0.717, 1.165) is 49.0 Å². The number of para-hydroxylation sites is 2. The average Bonchev–Trinajstić information content (AvgIpc) is 3.99. The second kappa shape index (κ2) is 12.3. The van der Waals surface area contributed by atoms with Crippen molar-refractivity contribution in [3.05, 3.63) is 194 Å². The highest BCUT2D eigenvalue weighted by molar-refractivity contribution is 7.26. The molecule has 0 radical (unpaired) electrons. The van der Waals surface area contributed by atoms with Crippen LogP contribution in [0.2, 0.25) is 0 Å². The van der Waals surface area contributed by atoms with Crippen molar-refractivity contribution in [2.45, 2.75) is 0 Å². The Bertz CT molecular complexity index is 4150. The lowest BCUT2D eigenvalue weighted by molar-refractivity contribution is 1.02. The number of thiophene rings is 1. The van der Waals surface area contributed by atoms with Gasteiger partial charge in [0, 0.05) is 42.9 Å². The van der Waals surface area contributed by atoms with Gasteiger partial charge in [-0.05, 0) is 79.5 Å². The zero-order valence-electron chi connectivity index (χ0n) is 32.7. The van der Waals surface area contributed by atoms with Crippen LogP contribution in [0.1, 0.15) is 0 Å². The predicted molar refractivity (Wildman–Crippen MR) is 259 cm³/mol. The molecule has 4 aromatic heterocycles. The van der Waals surface area contributed by atoms with Crippen LogP contribution in [0.3, 0.4) is 0 Å². The summed E-state index contributed by atoms with van der Waals surface area (Å²) in [6.07, 6.45) is 0. The molecule has 0 spiro atoms. The van der Waals surface area contributed by atoms with Gasteiger partial charge in [0.1, 0.15) is 0 Å². The molecule has 61 heavy (non-hydrogen) atoms. The molecule has 10 aromatic carbocycles. The van der Waals surface area contributed by atoms with Crippen molar-refractivity contribution < 1.29 is 0 Å². The Morgan fingerprint density at radius 2 is 0.951 bits per heavy atom. The molecule has 0 aliphatic heterocycles. The van der Waals surface area contributed by atoms with E-state index in [0.29, 0.717) is 5.95 Å². The molecule has 14 aromatic rings. The van der Waals surface area contributed by atoms with E-state index in [9.17, 15) is 0 Å². The second-order valence-electron chi connectivity index (χ2n) is 16.1. The van der Waals surface area contributed by atoms with Gasteiger partial charge in [-0.25, -0.2) is 9.97 Å². The van der Waals surface area contributed by atoms with Gasteiger partial charge in [-0.15, -0.1) is 11.3 Å². The molecule has 0 saturated heterocycles. The van der Waals surface area contributed by atoms with Gasteiger partial charge in [-0.2, -0.15) is 0 Å². The number of hydrogen-bond donors (Lipinski definition) is 0. The van der Waals surface area contributed by atoms with Crippen LogP contribution >= 0.6 is 11.3 Å². The lowest BCUT2D eigenvalue weighted by Crippen LogP contribution is -2.03. The fourth-order valence-electron chi connectivity index (χ4n) is 10.3. The molecule has 0 aliphatic carbocycles. The van der Waals surface area contributed by atoms with Crippen molar-refractivity contribution in [2.75, 3.05) is 0 Å². The highest BCUT2D eigenvalue weighted by Crippen LogP contribution is 2.45. The van der Waals surface area contributed by atoms with E-state index in [2.05, 4.69) is 203 Å². The van der Waals surface area contributed by atoms with Crippen LogP contribution in [0.4, 0.5) is 0 Å². The molecule has 0 fully saturated rings. The maximum absolute atomic E-state index is 5.61. The third kappa shape index (κ3) is 4.53. The Balaban J connectivity index is 1.12. The molecule has 4 nitrogen and oxygen atoms in total. The topological polar surface area (TPSA) is 35.6 Å². The summed E-state index contributed by atoms with van der Waals surface area (Å²) in [5.74, 6) is 0.663. The molecule has 0 N–H and O–H groups in total. The maximum Gasteiger partial charge on any atom is 0.235 e. The Morgan fingerprint density at radius 1 is 0.377 bits per heavy atom. The molecule has 0 bridgehead atoms. The average molecular weight is 793 g/mol. The number of nitrogens with zero attached hydrogens (tertiary/aromatic N) is 4. The summed E-state index contributed by atoms with van der Waals surface area (Å²) in [5, 5.41) is 15.9. The fraction of sp³-hybridized carbons (Fsp3) is 0. The number of fused-ring (bicyclic) bond motifs is 17. The van der Waals surface area contributed by atoms with Crippen LogP contribution in [-0.2, 0) is 0 Å².